The Morgan fingerprint density at radius 2 is 2.23 bits per heavy atom. The average Bonchev–Trinajstić information content (AvgIpc) is 2.94. The van der Waals surface area contributed by atoms with E-state index < -0.39 is 11.6 Å². The van der Waals surface area contributed by atoms with Gasteiger partial charge in [0, 0.05) is 30.5 Å². The fourth-order valence-electron chi connectivity index (χ4n) is 3.31. The molecule has 0 bridgehead atoms. The monoisotopic (exact) mass is 383 g/mol. The molecular formula is C18H20ClF2N3O2. The van der Waals surface area contributed by atoms with E-state index in [1.165, 1.54) is 6.07 Å². The first-order chi connectivity index (χ1) is 12.5. The predicted molar refractivity (Wildman–Crippen MR) is 93.1 cm³/mol. The number of amides is 1. The van der Waals surface area contributed by atoms with Crippen LogP contribution >= 0.6 is 11.6 Å². The summed E-state index contributed by atoms with van der Waals surface area (Å²) >= 11 is 5.91. The maximum atomic E-state index is 13.6. The van der Waals surface area contributed by atoms with Crippen molar-refractivity contribution in [2.24, 2.45) is 0 Å². The molecule has 0 saturated carbocycles. The van der Waals surface area contributed by atoms with Crippen LogP contribution in [0.2, 0.25) is 5.22 Å². The Kier molecular flexibility index (Phi) is 5.88. The van der Waals surface area contributed by atoms with Crippen LogP contribution in [0.1, 0.15) is 35.6 Å². The molecule has 26 heavy (non-hydrogen) atoms. The van der Waals surface area contributed by atoms with Gasteiger partial charge in [0.1, 0.15) is 0 Å². The van der Waals surface area contributed by atoms with Crippen LogP contribution in [-0.4, -0.2) is 30.2 Å². The van der Waals surface area contributed by atoms with E-state index in [4.69, 9.17) is 16.1 Å². The number of aryl methyl sites for hydroxylation is 1. The molecule has 1 amide bonds. The minimum absolute atomic E-state index is 0.0729. The maximum Gasteiger partial charge on any atom is 0.229 e. The fourth-order valence-corrected chi connectivity index (χ4v) is 3.58. The van der Waals surface area contributed by atoms with Crippen LogP contribution in [0.15, 0.2) is 22.7 Å². The van der Waals surface area contributed by atoms with Gasteiger partial charge in [-0.1, -0.05) is 11.2 Å². The van der Waals surface area contributed by atoms with Crippen LogP contribution in [-0.2, 0) is 11.2 Å². The molecule has 5 nitrogen and oxygen atoms in total. The summed E-state index contributed by atoms with van der Waals surface area (Å²) < 4.78 is 31.6. The molecule has 2 N–H and O–H groups in total. The van der Waals surface area contributed by atoms with Gasteiger partial charge in [-0.05, 0) is 55.6 Å². The van der Waals surface area contributed by atoms with E-state index in [1.54, 1.807) is 13.0 Å². The molecule has 1 saturated heterocycles. The van der Waals surface area contributed by atoms with Gasteiger partial charge >= 0.3 is 0 Å². The summed E-state index contributed by atoms with van der Waals surface area (Å²) in [5.74, 6) is -1.95. The fraction of sp³-hybridized carbons (Fsp3) is 0.444. The Morgan fingerprint density at radius 3 is 2.92 bits per heavy atom. The van der Waals surface area contributed by atoms with Crippen molar-refractivity contribution in [2.75, 3.05) is 13.1 Å². The van der Waals surface area contributed by atoms with E-state index in [-0.39, 0.29) is 29.5 Å². The standard InChI is InChI=1S/C18H20ClF2N3O2/c1-10-12(18(19)26-24-10)3-5-17(25)23-16-9-22-7-6-13(16)11-2-4-14(20)15(21)8-11/h2,4,8,13,16,22H,3,5-7,9H2,1H3,(H,23,25). The summed E-state index contributed by atoms with van der Waals surface area (Å²) in [6, 6.07) is 3.72. The zero-order valence-electron chi connectivity index (χ0n) is 14.3. The number of rotatable bonds is 5. The Hall–Kier alpha value is -1.99. The molecule has 0 spiro atoms. The predicted octanol–water partition coefficient (Wildman–Crippen LogP) is 3.11. The second-order valence-electron chi connectivity index (χ2n) is 6.47. The lowest BCUT2D eigenvalue weighted by Crippen LogP contribution is -2.50. The van der Waals surface area contributed by atoms with Crippen molar-refractivity contribution in [3.8, 4) is 0 Å². The van der Waals surface area contributed by atoms with Crippen molar-refractivity contribution in [3.63, 3.8) is 0 Å². The molecule has 2 aromatic rings. The average molecular weight is 384 g/mol. The molecule has 2 unspecified atom stereocenters. The first kappa shape index (κ1) is 18.8. The van der Waals surface area contributed by atoms with Crippen LogP contribution in [0, 0.1) is 18.6 Å². The second kappa shape index (κ2) is 8.14. The molecule has 140 valence electrons. The number of aromatic nitrogens is 1. The van der Waals surface area contributed by atoms with Crippen LogP contribution in [0.3, 0.4) is 0 Å². The van der Waals surface area contributed by atoms with Gasteiger partial charge < -0.3 is 15.2 Å². The highest BCUT2D eigenvalue weighted by Crippen LogP contribution is 2.27. The molecule has 2 heterocycles. The topological polar surface area (TPSA) is 67.2 Å². The molecule has 0 aliphatic carbocycles. The molecule has 1 aliphatic rings. The van der Waals surface area contributed by atoms with Crippen LogP contribution in [0.4, 0.5) is 8.78 Å². The summed E-state index contributed by atoms with van der Waals surface area (Å²) in [7, 11) is 0. The SMILES string of the molecule is Cc1noc(Cl)c1CCC(=O)NC1CNCCC1c1ccc(F)c(F)c1. The highest BCUT2D eigenvalue weighted by molar-refractivity contribution is 6.29. The second-order valence-corrected chi connectivity index (χ2v) is 6.81. The van der Waals surface area contributed by atoms with Gasteiger partial charge in [-0.2, -0.15) is 0 Å². The highest BCUT2D eigenvalue weighted by Gasteiger charge is 2.28. The smallest absolute Gasteiger partial charge is 0.229 e. The van der Waals surface area contributed by atoms with Gasteiger partial charge in [0.05, 0.1) is 5.69 Å². The molecular weight excluding hydrogens is 364 g/mol. The summed E-state index contributed by atoms with van der Waals surface area (Å²) in [6.45, 7) is 3.10. The van der Waals surface area contributed by atoms with Gasteiger partial charge in [-0.25, -0.2) is 8.78 Å². The Morgan fingerprint density at radius 1 is 1.42 bits per heavy atom. The first-order valence-corrected chi connectivity index (χ1v) is 8.89. The molecule has 3 rings (SSSR count). The van der Waals surface area contributed by atoms with Crippen molar-refractivity contribution >= 4 is 17.5 Å². The third-order valence-electron chi connectivity index (χ3n) is 4.74. The zero-order chi connectivity index (χ0) is 18.7. The van der Waals surface area contributed by atoms with Crippen LogP contribution < -0.4 is 10.6 Å². The van der Waals surface area contributed by atoms with E-state index >= 15 is 0 Å². The molecule has 0 radical (unpaired) electrons. The number of halogens is 3. The van der Waals surface area contributed by atoms with Gasteiger partial charge in [-0.3, -0.25) is 4.79 Å². The van der Waals surface area contributed by atoms with E-state index in [0.29, 0.717) is 24.2 Å². The van der Waals surface area contributed by atoms with E-state index in [9.17, 15) is 13.6 Å². The number of nitrogens with one attached hydrogen (secondary N) is 2. The Bertz CT molecular complexity index is 777. The number of nitrogens with zero attached hydrogens (tertiary/aromatic N) is 1. The van der Waals surface area contributed by atoms with Crippen molar-refractivity contribution in [1.82, 2.24) is 15.8 Å². The van der Waals surface area contributed by atoms with Gasteiger partial charge in [-0.15, -0.1) is 0 Å². The minimum Gasteiger partial charge on any atom is -0.351 e. The van der Waals surface area contributed by atoms with Crippen molar-refractivity contribution in [2.45, 2.75) is 38.1 Å². The van der Waals surface area contributed by atoms with E-state index in [2.05, 4.69) is 15.8 Å². The van der Waals surface area contributed by atoms with Crippen molar-refractivity contribution in [3.05, 3.63) is 51.9 Å². The quantitative estimate of drug-likeness (QED) is 0.832. The number of benzene rings is 1. The number of hydrogen-bond acceptors (Lipinski definition) is 4. The number of piperidine rings is 1. The minimum atomic E-state index is -0.872. The zero-order valence-corrected chi connectivity index (χ0v) is 15.1. The third kappa shape index (κ3) is 4.22. The summed E-state index contributed by atoms with van der Waals surface area (Å²) in [6.07, 6.45) is 1.39. The van der Waals surface area contributed by atoms with E-state index in [0.717, 1.165) is 24.6 Å². The summed E-state index contributed by atoms with van der Waals surface area (Å²) in [5.41, 5.74) is 2.08. The molecule has 2 atom stereocenters. The summed E-state index contributed by atoms with van der Waals surface area (Å²) in [4.78, 5) is 12.4. The van der Waals surface area contributed by atoms with Crippen molar-refractivity contribution < 1.29 is 18.1 Å². The Balaban J connectivity index is 1.64. The number of carbonyl (C=O) groups excluding carboxylic acids is 1. The Labute approximate surface area is 155 Å². The third-order valence-corrected chi connectivity index (χ3v) is 5.04. The molecule has 1 fully saturated rings. The lowest BCUT2D eigenvalue weighted by molar-refractivity contribution is -0.122. The molecule has 1 aromatic carbocycles. The maximum absolute atomic E-state index is 13.6. The molecule has 1 aliphatic heterocycles. The first-order valence-electron chi connectivity index (χ1n) is 8.51. The van der Waals surface area contributed by atoms with Crippen LogP contribution in [0.5, 0.6) is 0 Å². The number of hydrogen-bond donors (Lipinski definition) is 2. The highest BCUT2D eigenvalue weighted by atomic mass is 35.5. The van der Waals surface area contributed by atoms with Gasteiger partial charge in [0.15, 0.2) is 11.6 Å². The lowest BCUT2D eigenvalue weighted by Gasteiger charge is -2.33. The van der Waals surface area contributed by atoms with Crippen molar-refractivity contribution in [1.29, 1.82) is 0 Å². The normalized spacial score (nSPS) is 20.2. The lowest BCUT2D eigenvalue weighted by atomic mass is 9.86. The molecule has 1 aromatic heterocycles. The van der Waals surface area contributed by atoms with Crippen LogP contribution in [0.25, 0.3) is 0 Å². The summed E-state index contributed by atoms with van der Waals surface area (Å²) in [5, 5.41) is 10.2. The molecule has 8 heteroatoms. The largest absolute Gasteiger partial charge is 0.351 e. The van der Waals surface area contributed by atoms with Gasteiger partial charge in [0.25, 0.3) is 0 Å². The number of carbonyl (C=O) groups is 1. The van der Waals surface area contributed by atoms with E-state index in [1.807, 2.05) is 0 Å². The van der Waals surface area contributed by atoms with Gasteiger partial charge in [0.2, 0.25) is 11.1 Å².